The molecule has 2 aromatic heterocycles. The standard InChI is InChI=1S/C22H29B5N4O4/c1-12-9-17-28-13(2)10-18(32)31(17)29-19(12)30-7-5-20(23,6-8-30)33-14-3-4-15-16(11-14)35-22(26,27)21(24,25)34-15/h3-4,9-11H,5-8,23-27H2,1-2H3. The van der Waals surface area contributed by atoms with E-state index in [2.05, 4.69) is 22.8 Å². The molecule has 1 fully saturated rings. The molecule has 35 heavy (non-hydrogen) atoms. The van der Waals surface area contributed by atoms with E-state index in [9.17, 15) is 4.79 Å². The minimum atomic E-state index is -0.464. The first-order valence-electron chi connectivity index (χ1n) is 12.2. The molecule has 8 nitrogen and oxygen atoms in total. The number of anilines is 1. The van der Waals surface area contributed by atoms with Gasteiger partial charge in [-0.1, -0.05) is 0 Å². The van der Waals surface area contributed by atoms with Gasteiger partial charge in [-0.25, -0.2) is 4.98 Å². The normalized spacial score (nSPS) is 19.9. The number of hydrogen-bond acceptors (Lipinski definition) is 7. The summed E-state index contributed by atoms with van der Waals surface area (Å²) in [5.74, 6) is 3.03. The minimum absolute atomic E-state index is 0.163. The third-order valence-electron chi connectivity index (χ3n) is 7.52. The van der Waals surface area contributed by atoms with Gasteiger partial charge in [0, 0.05) is 30.9 Å². The van der Waals surface area contributed by atoms with E-state index in [0.717, 1.165) is 48.8 Å². The van der Waals surface area contributed by atoms with Gasteiger partial charge in [0.1, 0.15) is 37.1 Å². The molecule has 4 heterocycles. The van der Waals surface area contributed by atoms with Crippen LogP contribution >= 0.6 is 0 Å². The van der Waals surface area contributed by atoms with Crippen molar-refractivity contribution in [2.24, 2.45) is 0 Å². The third kappa shape index (κ3) is 4.30. The molecule has 13 heteroatoms. The zero-order valence-electron chi connectivity index (χ0n) is 21.6. The molecule has 0 aliphatic carbocycles. The molecule has 0 radical (unpaired) electrons. The van der Waals surface area contributed by atoms with Crippen LogP contribution in [0.3, 0.4) is 0 Å². The molecule has 0 bridgehead atoms. The van der Waals surface area contributed by atoms with Crippen molar-refractivity contribution in [2.45, 2.75) is 43.0 Å². The highest BCUT2D eigenvalue weighted by atomic mass is 16.6. The van der Waals surface area contributed by atoms with Gasteiger partial charge < -0.3 is 19.1 Å². The zero-order valence-corrected chi connectivity index (χ0v) is 21.6. The Morgan fingerprint density at radius 1 is 0.943 bits per heavy atom. The van der Waals surface area contributed by atoms with Crippen LogP contribution in [0.4, 0.5) is 5.82 Å². The molecule has 0 N–H and O–H groups in total. The lowest BCUT2D eigenvalue weighted by Gasteiger charge is -2.47. The molecule has 1 aromatic carbocycles. The quantitative estimate of drug-likeness (QED) is 0.389. The molecular formula is C22H29B5N4O4. The first-order chi connectivity index (χ1) is 16.4. The maximum Gasteiger partial charge on any atom is 0.274 e. The van der Waals surface area contributed by atoms with Crippen LogP contribution in [-0.2, 0) is 0 Å². The van der Waals surface area contributed by atoms with Crippen LogP contribution in [0.2, 0.25) is 0 Å². The molecule has 0 amide bonds. The van der Waals surface area contributed by atoms with E-state index in [-0.39, 0.29) is 11.1 Å². The summed E-state index contributed by atoms with van der Waals surface area (Å²) < 4.78 is 20.4. The van der Waals surface area contributed by atoms with Crippen LogP contribution in [0, 0.1) is 13.8 Å². The van der Waals surface area contributed by atoms with E-state index in [1.54, 1.807) is 0 Å². The van der Waals surface area contributed by atoms with E-state index >= 15 is 0 Å². The van der Waals surface area contributed by atoms with Gasteiger partial charge in [0.25, 0.3) is 5.56 Å². The van der Waals surface area contributed by atoms with E-state index in [4.69, 9.17) is 14.2 Å². The Morgan fingerprint density at radius 2 is 1.60 bits per heavy atom. The fraction of sp³-hybridized carbons (Fsp3) is 0.409. The van der Waals surface area contributed by atoms with E-state index < -0.39 is 10.8 Å². The highest BCUT2D eigenvalue weighted by Gasteiger charge is 2.44. The van der Waals surface area contributed by atoms with Gasteiger partial charge in [-0.3, -0.25) is 4.79 Å². The van der Waals surface area contributed by atoms with Crippen LogP contribution in [0.15, 0.2) is 35.1 Å². The number of benzene rings is 1. The van der Waals surface area contributed by atoms with Crippen LogP contribution in [0.1, 0.15) is 24.1 Å². The second-order valence-corrected chi connectivity index (χ2v) is 11.0. The lowest BCUT2D eigenvalue weighted by molar-refractivity contribution is 0.0603. The molecule has 3 aromatic rings. The van der Waals surface area contributed by atoms with Gasteiger partial charge >= 0.3 is 0 Å². The summed E-state index contributed by atoms with van der Waals surface area (Å²) in [6.07, 6.45) is 1.64. The van der Waals surface area contributed by atoms with Crippen LogP contribution in [0.25, 0.3) is 5.65 Å². The summed E-state index contributed by atoms with van der Waals surface area (Å²) in [6.45, 7) is 5.38. The summed E-state index contributed by atoms with van der Waals surface area (Å²) in [7, 11) is 10.3. The molecule has 2 aliphatic rings. The number of hydrogen-bond donors (Lipinski definition) is 0. The summed E-state index contributed by atoms with van der Waals surface area (Å²) in [4.78, 5) is 19.1. The number of aromatic nitrogens is 3. The number of nitrogens with zero attached hydrogens (tertiary/aromatic N) is 4. The lowest BCUT2D eigenvalue weighted by Crippen LogP contribution is -2.65. The van der Waals surface area contributed by atoms with Crippen molar-refractivity contribution in [1.82, 2.24) is 14.6 Å². The average Bonchev–Trinajstić information content (AvgIpc) is 2.74. The van der Waals surface area contributed by atoms with Crippen molar-refractivity contribution in [3.05, 3.63) is 51.9 Å². The van der Waals surface area contributed by atoms with Gasteiger partial charge in [0.15, 0.2) is 30.8 Å². The van der Waals surface area contributed by atoms with Crippen LogP contribution in [0.5, 0.6) is 17.2 Å². The Balaban J connectivity index is 1.32. The highest BCUT2D eigenvalue weighted by molar-refractivity contribution is 6.53. The summed E-state index contributed by atoms with van der Waals surface area (Å²) in [5.41, 5.74) is 1.79. The minimum Gasteiger partial charge on any atom is -0.499 e. The Labute approximate surface area is 209 Å². The van der Waals surface area contributed by atoms with E-state index in [1.165, 1.54) is 10.6 Å². The van der Waals surface area contributed by atoms with Crippen LogP contribution < -0.4 is 24.7 Å². The smallest absolute Gasteiger partial charge is 0.274 e. The summed E-state index contributed by atoms with van der Waals surface area (Å²) in [6, 6.07) is 9.25. The average molecular weight is 468 g/mol. The van der Waals surface area contributed by atoms with Gasteiger partial charge in [0.2, 0.25) is 0 Å². The fourth-order valence-corrected chi connectivity index (χ4v) is 4.64. The maximum atomic E-state index is 12.4. The number of rotatable bonds is 3. The first-order valence-corrected chi connectivity index (χ1v) is 12.2. The van der Waals surface area contributed by atoms with Crippen molar-refractivity contribution < 1.29 is 14.2 Å². The van der Waals surface area contributed by atoms with Gasteiger partial charge in [-0.15, -0.1) is 5.10 Å². The summed E-state index contributed by atoms with van der Waals surface area (Å²) >= 11 is 0. The monoisotopic (exact) mass is 468 g/mol. The van der Waals surface area contributed by atoms with E-state index in [1.807, 2.05) is 69.5 Å². The number of ether oxygens (including phenoxy) is 3. The maximum absolute atomic E-state index is 12.4. The Bertz CT molecular complexity index is 1370. The van der Waals surface area contributed by atoms with Gasteiger partial charge in [0.05, 0.1) is 16.3 Å². The predicted molar refractivity (Wildman–Crippen MR) is 149 cm³/mol. The van der Waals surface area contributed by atoms with Crippen molar-refractivity contribution in [3.8, 4) is 17.2 Å². The van der Waals surface area contributed by atoms with Gasteiger partial charge in [-0.05, 0) is 50.5 Å². The Hall–Kier alpha value is -2.97. The Kier molecular flexibility index (Phi) is 5.45. The van der Waals surface area contributed by atoms with Gasteiger partial charge in [-0.2, -0.15) is 4.52 Å². The topological polar surface area (TPSA) is 78.2 Å². The van der Waals surface area contributed by atoms with Crippen molar-refractivity contribution in [1.29, 1.82) is 0 Å². The molecule has 0 atom stereocenters. The lowest BCUT2D eigenvalue weighted by atomic mass is 9.41. The number of fused-ring (bicyclic) bond motifs is 2. The van der Waals surface area contributed by atoms with E-state index in [0.29, 0.717) is 17.1 Å². The predicted octanol–water partition coefficient (Wildman–Crippen LogP) is -2.67. The molecule has 2 aliphatic heterocycles. The second kappa shape index (κ2) is 8.03. The third-order valence-corrected chi connectivity index (χ3v) is 7.52. The number of piperidine rings is 1. The fourth-order valence-electron chi connectivity index (χ4n) is 4.64. The summed E-state index contributed by atoms with van der Waals surface area (Å²) in [5, 5.41) is 3.74. The molecule has 1 saturated heterocycles. The van der Waals surface area contributed by atoms with Crippen molar-refractivity contribution in [2.75, 3.05) is 18.0 Å². The van der Waals surface area contributed by atoms with Crippen molar-refractivity contribution >= 4 is 50.7 Å². The molecular weight excluding hydrogens is 438 g/mol. The Morgan fingerprint density at radius 3 is 2.29 bits per heavy atom. The largest absolute Gasteiger partial charge is 0.499 e. The highest BCUT2D eigenvalue weighted by Crippen LogP contribution is 2.42. The zero-order chi connectivity index (χ0) is 25.2. The van der Waals surface area contributed by atoms with Crippen molar-refractivity contribution in [3.63, 3.8) is 0 Å². The molecule has 0 spiro atoms. The SMILES string of the molecule is BC1(Oc2ccc3c(c2)OC(B)(B)C(B)(B)O3)CCN(c2nn3c(=O)cc(C)nc3cc2C)CC1. The van der Waals surface area contributed by atoms with Crippen LogP contribution in [-0.4, -0.2) is 83.2 Å². The first kappa shape index (κ1) is 23.8. The second-order valence-electron chi connectivity index (χ2n) is 11.0. The molecule has 0 unspecified atom stereocenters. The molecule has 5 rings (SSSR count). The molecule has 176 valence electrons. The number of aryl methyl sites for hydroxylation is 2. The molecule has 0 saturated carbocycles.